The average molecular weight is 279 g/mol. The second-order valence-corrected chi connectivity index (χ2v) is 4.57. The van der Waals surface area contributed by atoms with Gasteiger partial charge in [0.15, 0.2) is 0 Å². The van der Waals surface area contributed by atoms with E-state index in [-0.39, 0.29) is 5.91 Å². The maximum atomic E-state index is 12.1. The van der Waals surface area contributed by atoms with Crippen molar-refractivity contribution in [1.82, 2.24) is 10.2 Å². The Morgan fingerprint density at radius 2 is 2.05 bits per heavy atom. The van der Waals surface area contributed by atoms with Crippen molar-refractivity contribution >= 4 is 5.91 Å². The summed E-state index contributed by atoms with van der Waals surface area (Å²) in [6.07, 6.45) is 0.852. The van der Waals surface area contributed by atoms with E-state index in [4.69, 9.17) is 10.5 Å². The van der Waals surface area contributed by atoms with Crippen molar-refractivity contribution in [1.29, 1.82) is 0 Å². The molecule has 0 radical (unpaired) electrons. The minimum absolute atomic E-state index is 0.0856. The molecule has 0 atom stereocenters. The highest BCUT2D eigenvalue weighted by atomic mass is 16.5. The zero-order valence-electron chi connectivity index (χ0n) is 12.2. The third-order valence-electron chi connectivity index (χ3n) is 3.02. The Bertz CT molecular complexity index is 371. The minimum Gasteiger partial charge on any atom is -0.383 e. The maximum absolute atomic E-state index is 12.1. The number of hydrogen-bond donors (Lipinski definition) is 2. The summed E-state index contributed by atoms with van der Waals surface area (Å²) >= 11 is 0. The van der Waals surface area contributed by atoms with Gasteiger partial charge in [-0.3, -0.25) is 4.79 Å². The largest absolute Gasteiger partial charge is 0.383 e. The molecule has 112 valence electrons. The third-order valence-corrected chi connectivity index (χ3v) is 3.02. The molecule has 1 aromatic rings. The summed E-state index contributed by atoms with van der Waals surface area (Å²) in [5, 5.41) is 3.07. The van der Waals surface area contributed by atoms with Crippen LogP contribution in [0.1, 0.15) is 5.56 Å². The topological polar surface area (TPSA) is 67.6 Å². The highest BCUT2D eigenvalue weighted by Gasteiger charge is 2.11. The number of benzene rings is 1. The lowest BCUT2D eigenvalue weighted by Crippen LogP contribution is -2.42. The van der Waals surface area contributed by atoms with Crippen molar-refractivity contribution in [3.8, 4) is 0 Å². The first-order valence-electron chi connectivity index (χ1n) is 6.99. The van der Waals surface area contributed by atoms with Crippen LogP contribution in [-0.2, 0) is 16.0 Å². The number of carbonyl (C=O) groups is 1. The number of nitrogens with one attached hydrogen (secondary N) is 1. The number of rotatable bonds is 10. The van der Waals surface area contributed by atoms with Crippen LogP contribution in [0, 0.1) is 0 Å². The summed E-state index contributed by atoms with van der Waals surface area (Å²) in [5.74, 6) is 0.0856. The van der Waals surface area contributed by atoms with Crippen LogP contribution in [0.2, 0.25) is 0 Å². The second-order valence-electron chi connectivity index (χ2n) is 4.57. The molecule has 0 unspecified atom stereocenters. The van der Waals surface area contributed by atoms with Crippen molar-refractivity contribution in [2.75, 3.05) is 46.4 Å². The molecule has 5 nitrogen and oxygen atoms in total. The lowest BCUT2D eigenvalue weighted by Gasteiger charge is -2.22. The quantitative estimate of drug-likeness (QED) is 0.603. The molecule has 1 amide bonds. The van der Waals surface area contributed by atoms with E-state index < -0.39 is 0 Å². The summed E-state index contributed by atoms with van der Waals surface area (Å²) < 4.78 is 4.93. The van der Waals surface area contributed by atoms with E-state index >= 15 is 0 Å². The summed E-state index contributed by atoms with van der Waals surface area (Å²) in [7, 11) is 1.64. The summed E-state index contributed by atoms with van der Waals surface area (Å²) in [5.41, 5.74) is 6.81. The van der Waals surface area contributed by atoms with E-state index in [1.165, 1.54) is 5.56 Å². The SMILES string of the molecule is COCCNCC(=O)N(CCN)CCc1ccccc1. The fraction of sp³-hybridized carbons (Fsp3) is 0.533. The molecule has 0 fully saturated rings. The van der Waals surface area contributed by atoms with Crippen molar-refractivity contribution in [2.45, 2.75) is 6.42 Å². The van der Waals surface area contributed by atoms with Crippen LogP contribution >= 0.6 is 0 Å². The Morgan fingerprint density at radius 1 is 1.30 bits per heavy atom. The van der Waals surface area contributed by atoms with Crippen LogP contribution in [0.3, 0.4) is 0 Å². The lowest BCUT2D eigenvalue weighted by molar-refractivity contribution is -0.130. The van der Waals surface area contributed by atoms with Gasteiger partial charge in [0.05, 0.1) is 13.2 Å². The zero-order chi connectivity index (χ0) is 14.6. The molecule has 0 bridgehead atoms. The first-order chi connectivity index (χ1) is 9.77. The first kappa shape index (κ1) is 16.6. The second kappa shape index (κ2) is 10.4. The van der Waals surface area contributed by atoms with Gasteiger partial charge in [-0.25, -0.2) is 0 Å². The number of hydrogen-bond acceptors (Lipinski definition) is 4. The molecule has 0 aliphatic carbocycles. The predicted octanol–water partition coefficient (Wildman–Crippen LogP) is 0.252. The van der Waals surface area contributed by atoms with Crippen molar-refractivity contribution in [3.05, 3.63) is 35.9 Å². The van der Waals surface area contributed by atoms with E-state index in [1.54, 1.807) is 7.11 Å². The van der Waals surface area contributed by atoms with E-state index in [1.807, 2.05) is 23.1 Å². The summed E-state index contributed by atoms with van der Waals surface area (Å²) in [6, 6.07) is 10.2. The molecule has 1 aromatic carbocycles. The van der Waals surface area contributed by atoms with Crippen molar-refractivity contribution in [2.24, 2.45) is 5.73 Å². The van der Waals surface area contributed by atoms with E-state index in [2.05, 4.69) is 17.4 Å². The number of ether oxygens (including phenoxy) is 1. The van der Waals surface area contributed by atoms with Gasteiger partial charge in [-0.15, -0.1) is 0 Å². The average Bonchev–Trinajstić information content (AvgIpc) is 2.49. The summed E-state index contributed by atoms with van der Waals surface area (Å²) in [4.78, 5) is 13.9. The van der Waals surface area contributed by atoms with E-state index in [0.717, 1.165) is 6.42 Å². The fourth-order valence-electron chi connectivity index (χ4n) is 1.91. The van der Waals surface area contributed by atoms with Gasteiger partial charge >= 0.3 is 0 Å². The highest BCUT2D eigenvalue weighted by Crippen LogP contribution is 2.01. The maximum Gasteiger partial charge on any atom is 0.236 e. The van der Waals surface area contributed by atoms with E-state index in [0.29, 0.717) is 39.3 Å². The van der Waals surface area contributed by atoms with Crippen LogP contribution in [-0.4, -0.2) is 57.2 Å². The Hall–Kier alpha value is -1.43. The van der Waals surface area contributed by atoms with Crippen LogP contribution in [0.15, 0.2) is 30.3 Å². The van der Waals surface area contributed by atoms with Crippen LogP contribution in [0.4, 0.5) is 0 Å². The lowest BCUT2D eigenvalue weighted by atomic mass is 10.1. The Kier molecular flexibility index (Phi) is 8.62. The number of carbonyl (C=O) groups excluding carboxylic acids is 1. The Morgan fingerprint density at radius 3 is 2.70 bits per heavy atom. The smallest absolute Gasteiger partial charge is 0.236 e. The Balaban J connectivity index is 2.36. The molecule has 0 heterocycles. The van der Waals surface area contributed by atoms with Crippen LogP contribution < -0.4 is 11.1 Å². The third kappa shape index (κ3) is 6.65. The molecule has 0 saturated heterocycles. The number of amides is 1. The number of nitrogens with zero attached hydrogens (tertiary/aromatic N) is 1. The van der Waals surface area contributed by atoms with Gasteiger partial charge in [-0.2, -0.15) is 0 Å². The van der Waals surface area contributed by atoms with Gasteiger partial charge in [0.1, 0.15) is 0 Å². The zero-order valence-corrected chi connectivity index (χ0v) is 12.2. The van der Waals surface area contributed by atoms with Gasteiger partial charge < -0.3 is 20.7 Å². The molecular weight excluding hydrogens is 254 g/mol. The first-order valence-corrected chi connectivity index (χ1v) is 6.99. The molecule has 0 spiro atoms. The van der Waals surface area contributed by atoms with Crippen molar-refractivity contribution < 1.29 is 9.53 Å². The number of nitrogens with two attached hydrogens (primary N) is 1. The predicted molar refractivity (Wildman–Crippen MR) is 80.5 cm³/mol. The standard InChI is InChI=1S/C15H25N3O2/c1-20-12-9-17-13-15(19)18(11-8-16)10-7-14-5-3-2-4-6-14/h2-6,17H,7-13,16H2,1H3. The molecule has 0 aliphatic rings. The van der Waals surface area contributed by atoms with E-state index in [9.17, 15) is 4.79 Å². The van der Waals surface area contributed by atoms with Gasteiger partial charge in [0.25, 0.3) is 0 Å². The summed E-state index contributed by atoms with van der Waals surface area (Å²) in [6.45, 7) is 3.39. The number of methoxy groups -OCH3 is 1. The van der Waals surface area contributed by atoms with Crippen LogP contribution in [0.5, 0.6) is 0 Å². The Labute approximate surface area is 121 Å². The molecule has 20 heavy (non-hydrogen) atoms. The van der Waals surface area contributed by atoms with Crippen molar-refractivity contribution in [3.63, 3.8) is 0 Å². The molecule has 0 aromatic heterocycles. The minimum atomic E-state index is 0.0856. The van der Waals surface area contributed by atoms with Crippen LogP contribution in [0.25, 0.3) is 0 Å². The molecule has 0 saturated carbocycles. The monoisotopic (exact) mass is 279 g/mol. The van der Waals surface area contributed by atoms with Gasteiger partial charge in [-0.05, 0) is 12.0 Å². The normalized spacial score (nSPS) is 10.5. The molecule has 3 N–H and O–H groups in total. The van der Waals surface area contributed by atoms with Gasteiger partial charge in [0.2, 0.25) is 5.91 Å². The van der Waals surface area contributed by atoms with Gasteiger partial charge in [-0.1, -0.05) is 30.3 Å². The fourth-order valence-corrected chi connectivity index (χ4v) is 1.91. The molecule has 0 aliphatic heterocycles. The molecular formula is C15H25N3O2. The van der Waals surface area contributed by atoms with Gasteiger partial charge in [0, 0.05) is 33.3 Å². The molecule has 5 heteroatoms. The highest BCUT2D eigenvalue weighted by molar-refractivity contribution is 5.78. The molecule has 1 rings (SSSR count).